The Kier molecular flexibility index (Phi) is 4.36. The van der Waals surface area contributed by atoms with Crippen LogP contribution in [0.5, 0.6) is 5.75 Å². The number of aromatic nitrogens is 3. The number of nitrogens with zero attached hydrogens (tertiary/aromatic N) is 3. The van der Waals surface area contributed by atoms with Crippen LogP contribution in [0, 0.1) is 6.92 Å². The second-order valence-electron chi connectivity index (χ2n) is 5.49. The van der Waals surface area contributed by atoms with Crippen LogP contribution in [0.25, 0.3) is 5.65 Å². The SMILES string of the molecule is CNc1nn2c(COC)cc(C)nc2c1S(=O)(=O)c1cccc(O)c1. The predicted molar refractivity (Wildman–Crippen MR) is 91.5 cm³/mol. The van der Waals surface area contributed by atoms with Crippen molar-refractivity contribution < 1.29 is 18.3 Å². The van der Waals surface area contributed by atoms with E-state index in [4.69, 9.17) is 4.74 Å². The minimum atomic E-state index is -3.95. The molecule has 2 heterocycles. The number of benzene rings is 1. The molecular formula is C16H18N4O4S. The Bertz CT molecular complexity index is 1040. The van der Waals surface area contributed by atoms with E-state index in [-0.39, 0.29) is 33.6 Å². The number of anilines is 1. The largest absolute Gasteiger partial charge is 0.508 e. The summed E-state index contributed by atoms with van der Waals surface area (Å²) in [6.45, 7) is 2.03. The van der Waals surface area contributed by atoms with E-state index in [2.05, 4.69) is 15.4 Å². The molecule has 0 aliphatic carbocycles. The molecule has 3 aromatic rings. The van der Waals surface area contributed by atoms with E-state index >= 15 is 0 Å². The molecule has 0 amide bonds. The van der Waals surface area contributed by atoms with Crippen LogP contribution in [0.3, 0.4) is 0 Å². The molecule has 0 fully saturated rings. The summed E-state index contributed by atoms with van der Waals surface area (Å²) < 4.78 is 32.9. The Balaban J connectivity index is 2.35. The van der Waals surface area contributed by atoms with Gasteiger partial charge in [-0.15, -0.1) is 5.10 Å². The summed E-state index contributed by atoms with van der Waals surface area (Å²) in [4.78, 5) is 4.29. The molecule has 0 aliphatic rings. The Morgan fingerprint density at radius 1 is 1.32 bits per heavy atom. The van der Waals surface area contributed by atoms with E-state index < -0.39 is 9.84 Å². The van der Waals surface area contributed by atoms with Crippen LogP contribution in [0.1, 0.15) is 11.4 Å². The van der Waals surface area contributed by atoms with Crippen molar-refractivity contribution in [2.75, 3.05) is 19.5 Å². The molecule has 8 nitrogen and oxygen atoms in total. The van der Waals surface area contributed by atoms with E-state index in [1.807, 2.05) is 0 Å². The van der Waals surface area contributed by atoms with Gasteiger partial charge in [0.1, 0.15) is 5.75 Å². The number of sulfone groups is 1. The molecule has 1 aromatic carbocycles. The molecule has 2 aromatic heterocycles. The molecule has 0 saturated heterocycles. The molecular weight excluding hydrogens is 344 g/mol. The molecule has 0 radical (unpaired) electrons. The average molecular weight is 362 g/mol. The van der Waals surface area contributed by atoms with Gasteiger partial charge in [-0.3, -0.25) is 0 Å². The highest BCUT2D eigenvalue weighted by Gasteiger charge is 2.29. The maximum absolute atomic E-state index is 13.1. The zero-order valence-electron chi connectivity index (χ0n) is 14.0. The van der Waals surface area contributed by atoms with Crippen LogP contribution < -0.4 is 5.32 Å². The second-order valence-corrected chi connectivity index (χ2v) is 7.37. The van der Waals surface area contributed by atoms with Gasteiger partial charge in [-0.25, -0.2) is 17.9 Å². The van der Waals surface area contributed by atoms with Crippen LogP contribution in [0.15, 0.2) is 40.1 Å². The summed E-state index contributed by atoms with van der Waals surface area (Å²) in [5, 5.41) is 16.8. The van der Waals surface area contributed by atoms with Crippen LogP contribution in [-0.4, -0.2) is 42.3 Å². The number of phenols is 1. The third-order valence-electron chi connectivity index (χ3n) is 3.67. The van der Waals surface area contributed by atoms with Gasteiger partial charge in [0.05, 0.1) is 17.2 Å². The number of aryl methyl sites for hydroxylation is 1. The van der Waals surface area contributed by atoms with Gasteiger partial charge in [-0.2, -0.15) is 0 Å². The number of hydrogen-bond donors (Lipinski definition) is 2. The van der Waals surface area contributed by atoms with E-state index in [1.54, 1.807) is 27.1 Å². The summed E-state index contributed by atoms with van der Waals surface area (Å²) in [5.41, 5.74) is 1.54. The lowest BCUT2D eigenvalue weighted by Crippen LogP contribution is -2.07. The number of phenolic OH excluding ortho intramolecular Hbond substituents is 1. The molecule has 0 saturated carbocycles. The van der Waals surface area contributed by atoms with Crippen molar-refractivity contribution in [2.45, 2.75) is 23.3 Å². The Hall–Kier alpha value is -2.65. The topological polar surface area (TPSA) is 106 Å². The van der Waals surface area contributed by atoms with Gasteiger partial charge in [0.25, 0.3) is 0 Å². The van der Waals surface area contributed by atoms with Gasteiger partial charge in [-0.05, 0) is 31.2 Å². The molecule has 9 heteroatoms. The maximum Gasteiger partial charge on any atom is 0.214 e. The number of fused-ring (bicyclic) bond motifs is 1. The van der Waals surface area contributed by atoms with Crippen molar-refractivity contribution >= 4 is 21.3 Å². The van der Waals surface area contributed by atoms with Crippen molar-refractivity contribution in [3.05, 3.63) is 41.7 Å². The Morgan fingerprint density at radius 2 is 2.08 bits per heavy atom. The first kappa shape index (κ1) is 17.2. The van der Waals surface area contributed by atoms with E-state index in [0.29, 0.717) is 11.4 Å². The van der Waals surface area contributed by atoms with Crippen LogP contribution in [0.4, 0.5) is 5.82 Å². The fraction of sp³-hybridized carbons (Fsp3) is 0.250. The first-order valence-corrected chi connectivity index (χ1v) is 8.97. The van der Waals surface area contributed by atoms with Crippen molar-refractivity contribution in [3.8, 4) is 5.75 Å². The van der Waals surface area contributed by atoms with Crippen LogP contribution in [0.2, 0.25) is 0 Å². The summed E-state index contributed by atoms with van der Waals surface area (Å²) in [5.74, 6) is 0.0477. The van der Waals surface area contributed by atoms with Gasteiger partial charge < -0.3 is 15.2 Å². The quantitative estimate of drug-likeness (QED) is 0.712. The fourth-order valence-corrected chi connectivity index (χ4v) is 4.16. The van der Waals surface area contributed by atoms with Crippen LogP contribution >= 0.6 is 0 Å². The van der Waals surface area contributed by atoms with Crippen molar-refractivity contribution in [1.29, 1.82) is 0 Å². The lowest BCUT2D eigenvalue weighted by Gasteiger charge is -2.07. The highest BCUT2D eigenvalue weighted by molar-refractivity contribution is 7.91. The number of rotatable bonds is 5. The Labute approximate surface area is 145 Å². The minimum Gasteiger partial charge on any atom is -0.508 e. The van der Waals surface area contributed by atoms with Gasteiger partial charge >= 0.3 is 0 Å². The normalized spacial score (nSPS) is 11.8. The highest BCUT2D eigenvalue weighted by atomic mass is 32.2. The zero-order chi connectivity index (χ0) is 18.2. The predicted octanol–water partition coefficient (Wildman–Crippen LogP) is 1.76. The first-order chi connectivity index (χ1) is 11.9. The number of ether oxygens (including phenoxy) is 1. The molecule has 3 rings (SSSR count). The lowest BCUT2D eigenvalue weighted by atomic mass is 10.3. The molecule has 132 valence electrons. The Morgan fingerprint density at radius 3 is 2.72 bits per heavy atom. The molecule has 0 aliphatic heterocycles. The monoisotopic (exact) mass is 362 g/mol. The van der Waals surface area contributed by atoms with Crippen molar-refractivity contribution in [1.82, 2.24) is 14.6 Å². The van der Waals surface area contributed by atoms with E-state index in [1.165, 1.54) is 28.8 Å². The number of hydrogen-bond acceptors (Lipinski definition) is 7. The van der Waals surface area contributed by atoms with Gasteiger partial charge in [0, 0.05) is 19.9 Å². The lowest BCUT2D eigenvalue weighted by molar-refractivity contribution is 0.179. The molecule has 0 atom stereocenters. The summed E-state index contributed by atoms with van der Waals surface area (Å²) >= 11 is 0. The van der Waals surface area contributed by atoms with Gasteiger partial charge in [0.2, 0.25) is 9.84 Å². The fourth-order valence-electron chi connectivity index (χ4n) is 2.63. The number of aromatic hydroxyl groups is 1. The molecule has 0 spiro atoms. The maximum atomic E-state index is 13.1. The van der Waals surface area contributed by atoms with Crippen molar-refractivity contribution in [3.63, 3.8) is 0 Å². The molecule has 0 unspecified atom stereocenters. The zero-order valence-corrected chi connectivity index (χ0v) is 14.8. The summed E-state index contributed by atoms with van der Waals surface area (Å²) in [7, 11) is -0.806. The molecule has 25 heavy (non-hydrogen) atoms. The summed E-state index contributed by atoms with van der Waals surface area (Å²) in [6, 6.07) is 7.29. The smallest absolute Gasteiger partial charge is 0.214 e. The minimum absolute atomic E-state index is 0.0319. The number of nitrogens with one attached hydrogen (secondary N) is 1. The van der Waals surface area contributed by atoms with E-state index in [0.717, 1.165) is 0 Å². The highest BCUT2D eigenvalue weighted by Crippen LogP contribution is 2.32. The molecule has 0 bridgehead atoms. The summed E-state index contributed by atoms with van der Waals surface area (Å²) in [6.07, 6.45) is 0. The third kappa shape index (κ3) is 2.92. The van der Waals surface area contributed by atoms with Crippen molar-refractivity contribution in [2.24, 2.45) is 0 Å². The standard InChI is InChI=1S/C16H18N4O4S/c1-10-7-11(9-24-3)20-16(18-10)14(15(17-2)19-20)25(22,23)13-6-4-5-12(21)8-13/h4-8,21H,9H2,1-3H3,(H,17,19). The second kappa shape index (κ2) is 6.34. The third-order valence-corrected chi connectivity index (χ3v) is 5.46. The first-order valence-electron chi connectivity index (χ1n) is 7.48. The van der Waals surface area contributed by atoms with E-state index in [9.17, 15) is 13.5 Å². The van der Waals surface area contributed by atoms with Gasteiger partial charge in [0.15, 0.2) is 16.4 Å². The number of methoxy groups -OCH3 is 1. The average Bonchev–Trinajstić information content (AvgIpc) is 2.94. The van der Waals surface area contributed by atoms with Crippen LogP contribution in [-0.2, 0) is 21.2 Å². The molecule has 2 N–H and O–H groups in total. The van der Waals surface area contributed by atoms with Gasteiger partial charge in [-0.1, -0.05) is 6.07 Å².